The third-order valence-corrected chi connectivity index (χ3v) is 11.5. The van der Waals surface area contributed by atoms with E-state index in [2.05, 4.69) is 52.0 Å². The highest BCUT2D eigenvalue weighted by Gasteiger charge is 2.37. The lowest BCUT2D eigenvalue weighted by Crippen LogP contribution is -2.56. The molecule has 0 aliphatic carbocycles. The van der Waals surface area contributed by atoms with E-state index in [4.69, 9.17) is 26.7 Å². The summed E-state index contributed by atoms with van der Waals surface area (Å²) in [6.07, 6.45) is -1.31. The Labute approximate surface area is 401 Å². The molecular weight excluding hydrogens is 887 g/mol. The first kappa shape index (κ1) is 52.8. The minimum atomic E-state index is -1.53. The molecule has 12 N–H and O–H groups in total. The van der Waals surface area contributed by atoms with Crippen LogP contribution in [0.1, 0.15) is 78.6 Å². The SMILES string of the molecule is Cc1nc(-c2ccc(C(C)(C)C)cc2)nc(C)c1C(=O)NC(CCN)C(=O)N(C)C1C(=O)NC(C)C(=O)NC(C(=O)NCC#N)Cc2cc(OCCN)c(O)c(c2)-c2cc1ccc2OCC(O)CN. The van der Waals surface area contributed by atoms with Gasteiger partial charge in [0, 0.05) is 43.2 Å². The van der Waals surface area contributed by atoms with Crippen LogP contribution in [0.3, 0.4) is 0 Å². The second-order valence-electron chi connectivity index (χ2n) is 17.8. The van der Waals surface area contributed by atoms with Crippen molar-refractivity contribution in [2.75, 3.05) is 46.4 Å². The average Bonchev–Trinajstić information content (AvgIpc) is 3.31. The molecule has 0 fully saturated rings. The summed E-state index contributed by atoms with van der Waals surface area (Å²) in [5.41, 5.74) is 20.9. The molecule has 5 unspecified atom stereocenters. The van der Waals surface area contributed by atoms with Gasteiger partial charge < -0.3 is 63.1 Å². The Bertz CT molecular complexity index is 2550. The summed E-state index contributed by atoms with van der Waals surface area (Å²) in [6, 6.07) is 11.8. The fourth-order valence-electron chi connectivity index (χ4n) is 7.80. The zero-order valence-electron chi connectivity index (χ0n) is 40.0. The Morgan fingerprint density at radius 3 is 2.23 bits per heavy atom. The van der Waals surface area contributed by atoms with Crippen LogP contribution in [0, 0.1) is 25.2 Å². The van der Waals surface area contributed by atoms with E-state index in [1.165, 1.54) is 44.3 Å². The highest BCUT2D eigenvalue weighted by atomic mass is 16.5. The first-order valence-electron chi connectivity index (χ1n) is 22.6. The molecule has 368 valence electrons. The van der Waals surface area contributed by atoms with Gasteiger partial charge in [-0.25, -0.2) is 9.97 Å². The molecule has 0 saturated heterocycles. The van der Waals surface area contributed by atoms with Gasteiger partial charge in [0.25, 0.3) is 5.91 Å². The maximum absolute atomic E-state index is 14.8. The number of hydrogen-bond acceptors (Lipinski definition) is 15. The predicted molar refractivity (Wildman–Crippen MR) is 257 cm³/mol. The van der Waals surface area contributed by atoms with Crippen molar-refractivity contribution in [3.8, 4) is 45.8 Å². The standard InChI is InChI=1S/C49H63N11O9/c1-26-40(27(2)56-43(55-26)30-8-11-32(12-9-30)49(4,5)6)46(65)58-36(14-15-50)48(67)60(7)41-31-10-13-38(69-25-33(61)24-53)34(23-31)35-20-29(22-39(42(35)62)68-19-17-52)21-37(45(64)54-18-16-51)59-44(63)28(3)57-47(41)66/h8-13,20,22-23,28,33,36-37,41,61-62H,14-15,17-19,21,24-25,50,52-53H2,1-7H3,(H,54,64)(H,57,66)(H,58,65)(H,59,63). The van der Waals surface area contributed by atoms with Gasteiger partial charge in [-0.1, -0.05) is 51.1 Å². The van der Waals surface area contributed by atoms with Crippen LogP contribution in [-0.2, 0) is 31.0 Å². The number of ether oxygens (including phenoxy) is 2. The number of phenolic OH excluding ortho intramolecular Hbond substituents is 1. The topological polar surface area (TPSA) is 323 Å². The van der Waals surface area contributed by atoms with E-state index in [1.807, 2.05) is 30.3 Å². The first-order valence-corrected chi connectivity index (χ1v) is 22.6. The Hall–Kier alpha value is -7.18. The lowest BCUT2D eigenvalue weighted by Gasteiger charge is -2.32. The number of fused-ring (bicyclic) bond motifs is 5. The molecule has 3 aromatic carbocycles. The number of rotatable bonds is 16. The number of carbonyl (C=O) groups excluding carboxylic acids is 5. The number of amides is 5. The number of benzene rings is 3. The highest BCUT2D eigenvalue weighted by Crippen LogP contribution is 2.44. The molecule has 20 heteroatoms. The van der Waals surface area contributed by atoms with Crippen LogP contribution in [0.5, 0.6) is 17.2 Å². The van der Waals surface area contributed by atoms with Crippen molar-refractivity contribution in [1.29, 1.82) is 5.26 Å². The molecule has 0 radical (unpaired) electrons. The van der Waals surface area contributed by atoms with Gasteiger partial charge in [0.2, 0.25) is 23.6 Å². The minimum absolute atomic E-state index is 0.0256. The molecule has 2 heterocycles. The van der Waals surface area contributed by atoms with Crippen LogP contribution >= 0.6 is 0 Å². The number of nitrogens with one attached hydrogen (secondary N) is 4. The second-order valence-corrected chi connectivity index (χ2v) is 17.8. The molecule has 1 aromatic heterocycles. The largest absolute Gasteiger partial charge is 0.504 e. The van der Waals surface area contributed by atoms with Gasteiger partial charge in [0.1, 0.15) is 55.8 Å². The summed E-state index contributed by atoms with van der Waals surface area (Å²) in [4.78, 5) is 81.2. The number of aromatic hydroxyl groups is 1. The number of likely N-dealkylation sites (N-methyl/N-ethyl adjacent to an activating group) is 1. The van der Waals surface area contributed by atoms with Gasteiger partial charge in [-0.3, -0.25) is 24.0 Å². The molecule has 4 aromatic rings. The molecular formula is C49H63N11O9. The zero-order valence-corrected chi connectivity index (χ0v) is 40.0. The molecule has 0 saturated carbocycles. The van der Waals surface area contributed by atoms with Crippen LogP contribution in [-0.4, -0.2) is 125 Å². The second kappa shape index (κ2) is 23.2. The minimum Gasteiger partial charge on any atom is -0.504 e. The summed E-state index contributed by atoms with van der Waals surface area (Å²) in [5, 5.41) is 41.9. The Morgan fingerprint density at radius 2 is 1.62 bits per heavy atom. The molecule has 1 aliphatic rings. The summed E-state index contributed by atoms with van der Waals surface area (Å²) < 4.78 is 11.9. The first-order chi connectivity index (χ1) is 32.7. The van der Waals surface area contributed by atoms with Crippen LogP contribution in [0.4, 0.5) is 0 Å². The van der Waals surface area contributed by atoms with Crippen molar-refractivity contribution in [3.05, 3.63) is 88.2 Å². The monoisotopic (exact) mass is 949 g/mol. The summed E-state index contributed by atoms with van der Waals surface area (Å²) in [6.45, 7) is 10.3. The lowest BCUT2D eigenvalue weighted by atomic mass is 9.86. The van der Waals surface area contributed by atoms with Crippen LogP contribution in [0.15, 0.2) is 54.6 Å². The Balaban J connectivity index is 1.61. The number of aryl methyl sites for hydroxylation is 2. The summed E-state index contributed by atoms with van der Waals surface area (Å²) >= 11 is 0. The molecule has 5 rings (SSSR count). The van der Waals surface area contributed by atoms with Crippen molar-refractivity contribution >= 4 is 29.5 Å². The number of hydrogen-bond donors (Lipinski definition) is 9. The van der Waals surface area contributed by atoms with Gasteiger partial charge in [-0.05, 0) is 80.1 Å². The predicted octanol–water partition coefficient (Wildman–Crippen LogP) is 1.30. The number of carbonyl (C=O) groups is 5. The van der Waals surface area contributed by atoms with E-state index in [0.29, 0.717) is 22.8 Å². The number of phenols is 1. The van der Waals surface area contributed by atoms with E-state index in [-0.39, 0.29) is 97.2 Å². The summed E-state index contributed by atoms with van der Waals surface area (Å²) in [5.74, 6) is -3.62. The smallest absolute Gasteiger partial charge is 0.255 e. The fraction of sp³-hybridized carbons (Fsp3) is 0.429. The van der Waals surface area contributed by atoms with Gasteiger partial charge in [-0.2, -0.15) is 5.26 Å². The Morgan fingerprint density at radius 1 is 0.942 bits per heavy atom. The maximum atomic E-state index is 14.8. The van der Waals surface area contributed by atoms with Crippen molar-refractivity contribution < 1.29 is 43.7 Å². The van der Waals surface area contributed by atoms with Crippen LogP contribution < -0.4 is 47.9 Å². The van der Waals surface area contributed by atoms with E-state index in [1.54, 1.807) is 13.8 Å². The third-order valence-electron chi connectivity index (χ3n) is 11.5. The normalized spacial score (nSPS) is 16.9. The molecule has 0 spiro atoms. The number of nitrogens with zero attached hydrogens (tertiary/aromatic N) is 4. The lowest BCUT2D eigenvalue weighted by molar-refractivity contribution is -0.141. The van der Waals surface area contributed by atoms with Gasteiger partial charge in [-0.15, -0.1) is 0 Å². The number of nitrogens with two attached hydrogens (primary N) is 3. The molecule has 4 bridgehead atoms. The van der Waals surface area contributed by atoms with Crippen LogP contribution in [0.2, 0.25) is 0 Å². The molecule has 1 aliphatic heterocycles. The van der Waals surface area contributed by atoms with Crippen molar-refractivity contribution in [3.63, 3.8) is 0 Å². The quantitative estimate of drug-likeness (QED) is 0.0715. The van der Waals surface area contributed by atoms with Gasteiger partial charge in [0.05, 0.1) is 23.0 Å². The van der Waals surface area contributed by atoms with E-state index in [9.17, 15) is 39.4 Å². The average molecular weight is 950 g/mol. The number of aromatic nitrogens is 2. The number of nitriles is 1. The Kier molecular flexibility index (Phi) is 17.8. The number of aliphatic hydroxyl groups is 1. The highest BCUT2D eigenvalue weighted by molar-refractivity contribution is 6.00. The third kappa shape index (κ3) is 12.9. The molecule has 5 atom stereocenters. The molecule has 5 amide bonds. The van der Waals surface area contributed by atoms with Gasteiger partial charge in [0.15, 0.2) is 17.3 Å². The van der Waals surface area contributed by atoms with Crippen molar-refractivity contribution in [2.45, 2.75) is 90.1 Å². The fourth-order valence-corrected chi connectivity index (χ4v) is 7.80. The van der Waals surface area contributed by atoms with Crippen molar-refractivity contribution in [2.24, 2.45) is 17.2 Å². The van der Waals surface area contributed by atoms with Crippen molar-refractivity contribution in [1.82, 2.24) is 36.1 Å². The summed E-state index contributed by atoms with van der Waals surface area (Å²) in [7, 11) is 1.35. The molecule has 69 heavy (non-hydrogen) atoms. The van der Waals surface area contributed by atoms with Crippen LogP contribution in [0.25, 0.3) is 22.5 Å². The molecule has 20 nitrogen and oxygen atoms in total. The zero-order chi connectivity index (χ0) is 50.7. The van der Waals surface area contributed by atoms with E-state index < -0.39 is 59.8 Å². The van der Waals surface area contributed by atoms with Gasteiger partial charge >= 0.3 is 0 Å². The maximum Gasteiger partial charge on any atom is 0.255 e. The van der Waals surface area contributed by atoms with E-state index in [0.717, 1.165) is 16.0 Å². The number of aliphatic hydroxyl groups excluding tert-OH is 1. The van der Waals surface area contributed by atoms with E-state index >= 15 is 0 Å².